The highest BCUT2D eigenvalue weighted by molar-refractivity contribution is 6.30. The predicted molar refractivity (Wildman–Crippen MR) is 45.3 cm³/mol. The number of hydroxylamine groups is 1. The molecule has 1 aromatic carbocycles. The molecule has 60 valence electrons. The van der Waals surface area contributed by atoms with Crippen LogP contribution in [-0.2, 0) is 11.4 Å². The van der Waals surface area contributed by atoms with Crippen LogP contribution in [0.5, 0.6) is 0 Å². The zero-order chi connectivity index (χ0) is 8.10. The zero-order valence-electron chi connectivity index (χ0n) is 6.30. The van der Waals surface area contributed by atoms with Gasteiger partial charge in [0, 0.05) is 11.6 Å². The fourth-order valence-electron chi connectivity index (χ4n) is 0.758. The van der Waals surface area contributed by atoms with E-state index in [-0.39, 0.29) is 0 Å². The predicted octanol–water partition coefficient (Wildman–Crippen LogP) is 1.99. The molecule has 0 aromatic heterocycles. The summed E-state index contributed by atoms with van der Waals surface area (Å²) in [6, 6.07) is 7.62. The minimum Gasteiger partial charge on any atom is -0.305 e. The highest BCUT2D eigenvalue weighted by atomic mass is 35.5. The second-order valence-electron chi connectivity index (χ2n) is 2.15. The quantitative estimate of drug-likeness (QED) is 0.703. The molecule has 0 unspecified atom stereocenters. The molecule has 0 saturated carbocycles. The maximum atomic E-state index is 5.69. The lowest BCUT2D eigenvalue weighted by Gasteiger charge is -2.00. The van der Waals surface area contributed by atoms with Crippen molar-refractivity contribution in [1.82, 2.24) is 5.48 Å². The van der Waals surface area contributed by atoms with Crippen LogP contribution in [0.4, 0.5) is 0 Å². The third-order valence-electron chi connectivity index (χ3n) is 1.33. The molecule has 0 radical (unpaired) electrons. The van der Waals surface area contributed by atoms with Crippen molar-refractivity contribution in [3.8, 4) is 0 Å². The summed E-state index contributed by atoms with van der Waals surface area (Å²) in [4.78, 5) is 4.69. The number of benzene rings is 1. The first kappa shape index (κ1) is 8.53. The average Bonchev–Trinajstić information content (AvgIpc) is 2.04. The van der Waals surface area contributed by atoms with Crippen LogP contribution in [-0.4, -0.2) is 7.11 Å². The van der Waals surface area contributed by atoms with Crippen molar-refractivity contribution in [2.45, 2.75) is 6.54 Å². The summed E-state index contributed by atoms with van der Waals surface area (Å²) in [6.45, 7) is 0.702. The van der Waals surface area contributed by atoms with Gasteiger partial charge >= 0.3 is 0 Å². The Morgan fingerprint density at radius 1 is 1.36 bits per heavy atom. The van der Waals surface area contributed by atoms with E-state index in [1.165, 1.54) is 0 Å². The van der Waals surface area contributed by atoms with Gasteiger partial charge in [0.15, 0.2) is 0 Å². The van der Waals surface area contributed by atoms with E-state index in [0.717, 1.165) is 10.6 Å². The van der Waals surface area contributed by atoms with E-state index in [2.05, 4.69) is 5.48 Å². The molecular weight excluding hydrogens is 162 g/mol. The topological polar surface area (TPSA) is 21.3 Å². The van der Waals surface area contributed by atoms with Gasteiger partial charge in [-0.15, -0.1) is 0 Å². The van der Waals surface area contributed by atoms with Gasteiger partial charge in [-0.25, -0.2) is 0 Å². The highest BCUT2D eigenvalue weighted by Gasteiger charge is 1.90. The van der Waals surface area contributed by atoms with E-state index < -0.39 is 0 Å². The molecule has 1 N–H and O–H groups in total. The lowest BCUT2D eigenvalue weighted by atomic mass is 10.2. The Morgan fingerprint density at radius 2 is 2.00 bits per heavy atom. The van der Waals surface area contributed by atoms with Gasteiger partial charge in [-0.3, -0.25) is 0 Å². The maximum absolute atomic E-state index is 5.69. The van der Waals surface area contributed by atoms with E-state index in [0.29, 0.717) is 6.54 Å². The Balaban J connectivity index is 2.52. The van der Waals surface area contributed by atoms with Gasteiger partial charge in [-0.2, -0.15) is 5.48 Å². The third kappa shape index (κ3) is 2.89. The first-order valence-electron chi connectivity index (χ1n) is 3.33. The average molecular weight is 172 g/mol. The molecule has 0 bridgehead atoms. The molecule has 0 saturated heterocycles. The summed E-state index contributed by atoms with van der Waals surface area (Å²) >= 11 is 5.69. The van der Waals surface area contributed by atoms with Crippen LogP contribution in [0.1, 0.15) is 5.56 Å². The molecule has 11 heavy (non-hydrogen) atoms. The van der Waals surface area contributed by atoms with Gasteiger partial charge in [-0.05, 0) is 17.7 Å². The fraction of sp³-hybridized carbons (Fsp3) is 0.250. The Bertz CT molecular complexity index is 210. The van der Waals surface area contributed by atoms with Gasteiger partial charge in [0.05, 0.1) is 7.11 Å². The van der Waals surface area contributed by atoms with Crippen LogP contribution in [0.25, 0.3) is 0 Å². The first-order chi connectivity index (χ1) is 5.33. The number of hydrogen-bond donors (Lipinski definition) is 1. The van der Waals surface area contributed by atoms with Crippen LogP contribution < -0.4 is 5.48 Å². The van der Waals surface area contributed by atoms with Crippen LogP contribution in [0.2, 0.25) is 5.02 Å². The van der Waals surface area contributed by atoms with Gasteiger partial charge in [0.2, 0.25) is 0 Å². The van der Waals surface area contributed by atoms with Crippen LogP contribution in [0.15, 0.2) is 24.3 Å². The lowest BCUT2D eigenvalue weighted by Crippen LogP contribution is -2.10. The third-order valence-corrected chi connectivity index (χ3v) is 1.59. The van der Waals surface area contributed by atoms with E-state index in [9.17, 15) is 0 Å². The molecule has 0 amide bonds. The Kier molecular flexibility index (Phi) is 3.36. The molecule has 0 aliphatic rings. The zero-order valence-corrected chi connectivity index (χ0v) is 7.06. The molecule has 0 aliphatic carbocycles. The summed E-state index contributed by atoms with van der Waals surface area (Å²) in [6.07, 6.45) is 0. The summed E-state index contributed by atoms with van der Waals surface area (Å²) in [7, 11) is 1.59. The first-order valence-corrected chi connectivity index (χ1v) is 3.71. The fourth-order valence-corrected chi connectivity index (χ4v) is 0.884. The van der Waals surface area contributed by atoms with Gasteiger partial charge in [-0.1, -0.05) is 23.7 Å². The summed E-state index contributed by atoms with van der Waals surface area (Å²) in [5.74, 6) is 0. The molecule has 0 aliphatic heterocycles. The van der Waals surface area contributed by atoms with Crippen molar-refractivity contribution in [2.75, 3.05) is 7.11 Å². The van der Waals surface area contributed by atoms with E-state index in [1.807, 2.05) is 24.3 Å². The van der Waals surface area contributed by atoms with Crippen LogP contribution in [0, 0.1) is 0 Å². The largest absolute Gasteiger partial charge is 0.305 e. The van der Waals surface area contributed by atoms with Crippen molar-refractivity contribution >= 4 is 11.6 Å². The standard InChI is InChI=1S/C8H10ClNO/c1-11-10-6-7-2-4-8(9)5-3-7/h2-5,10H,6H2,1H3. The van der Waals surface area contributed by atoms with Crippen LogP contribution in [0.3, 0.4) is 0 Å². The lowest BCUT2D eigenvalue weighted by molar-refractivity contribution is 0.0867. The van der Waals surface area contributed by atoms with Gasteiger partial charge < -0.3 is 4.84 Å². The molecule has 0 heterocycles. The summed E-state index contributed by atoms with van der Waals surface area (Å²) < 4.78 is 0. The Morgan fingerprint density at radius 3 is 2.55 bits per heavy atom. The van der Waals surface area contributed by atoms with Crippen LogP contribution >= 0.6 is 11.6 Å². The van der Waals surface area contributed by atoms with Crippen molar-refractivity contribution in [2.24, 2.45) is 0 Å². The summed E-state index contributed by atoms with van der Waals surface area (Å²) in [5.41, 5.74) is 3.89. The second-order valence-corrected chi connectivity index (χ2v) is 2.59. The summed E-state index contributed by atoms with van der Waals surface area (Å²) in [5, 5.41) is 0.756. The molecule has 0 spiro atoms. The molecule has 2 nitrogen and oxygen atoms in total. The smallest absolute Gasteiger partial charge is 0.0572 e. The molecule has 3 heteroatoms. The number of hydrogen-bond acceptors (Lipinski definition) is 2. The number of nitrogens with one attached hydrogen (secondary N) is 1. The SMILES string of the molecule is CONCc1ccc(Cl)cc1. The molecule has 0 fully saturated rings. The van der Waals surface area contributed by atoms with E-state index >= 15 is 0 Å². The second kappa shape index (κ2) is 4.34. The molecule has 1 rings (SSSR count). The molecular formula is C8H10ClNO. The molecule has 0 atom stereocenters. The van der Waals surface area contributed by atoms with Crippen molar-refractivity contribution in [3.05, 3.63) is 34.9 Å². The Labute approximate surface area is 71.1 Å². The minimum atomic E-state index is 0.702. The van der Waals surface area contributed by atoms with Gasteiger partial charge in [0.1, 0.15) is 0 Å². The van der Waals surface area contributed by atoms with E-state index in [1.54, 1.807) is 7.11 Å². The molecule has 1 aromatic rings. The highest BCUT2D eigenvalue weighted by Crippen LogP contribution is 2.08. The van der Waals surface area contributed by atoms with E-state index in [4.69, 9.17) is 16.4 Å². The maximum Gasteiger partial charge on any atom is 0.0572 e. The Hall–Kier alpha value is -0.570. The van der Waals surface area contributed by atoms with Crippen molar-refractivity contribution in [1.29, 1.82) is 0 Å². The minimum absolute atomic E-state index is 0.702. The normalized spacial score (nSPS) is 10.0. The number of rotatable bonds is 3. The van der Waals surface area contributed by atoms with Crippen molar-refractivity contribution < 1.29 is 4.84 Å². The van der Waals surface area contributed by atoms with Gasteiger partial charge in [0.25, 0.3) is 0 Å². The van der Waals surface area contributed by atoms with Crippen molar-refractivity contribution in [3.63, 3.8) is 0 Å². The monoisotopic (exact) mass is 171 g/mol. The number of halogens is 1.